The van der Waals surface area contributed by atoms with E-state index in [1.807, 2.05) is 18.2 Å². The van der Waals surface area contributed by atoms with Crippen molar-refractivity contribution in [3.63, 3.8) is 0 Å². The fraction of sp³-hybridized carbons (Fsp3) is 0.278. The van der Waals surface area contributed by atoms with E-state index in [4.69, 9.17) is 4.98 Å². The topological polar surface area (TPSA) is 41.3 Å². The average molecular weight is 372 g/mol. The lowest BCUT2D eigenvalue weighted by Crippen LogP contribution is -2.25. The lowest BCUT2D eigenvalue weighted by atomic mass is 10.2. The summed E-state index contributed by atoms with van der Waals surface area (Å²) < 4.78 is 3.33. The largest absolute Gasteiger partial charge is 0.391 e. The third-order valence-electron chi connectivity index (χ3n) is 4.33. The third kappa shape index (κ3) is 2.86. The standard InChI is InChI=1S/C18H18BrN3O/c19-14-7-5-13(6-8-14)11-22-17-4-2-1-3-16(17)20-18(22)21-10-9-15(23)12-21/h1-8,15,23H,9-12H2. The summed E-state index contributed by atoms with van der Waals surface area (Å²) in [4.78, 5) is 7.00. The molecule has 2 heterocycles. The molecule has 2 aromatic carbocycles. The van der Waals surface area contributed by atoms with Crippen LogP contribution in [0, 0.1) is 0 Å². The van der Waals surface area contributed by atoms with Gasteiger partial charge in [-0.3, -0.25) is 0 Å². The Balaban J connectivity index is 1.77. The van der Waals surface area contributed by atoms with Crippen molar-refractivity contribution in [3.05, 3.63) is 58.6 Å². The second-order valence-electron chi connectivity index (χ2n) is 6.00. The molecule has 5 heteroatoms. The highest BCUT2D eigenvalue weighted by Gasteiger charge is 2.25. The second-order valence-corrected chi connectivity index (χ2v) is 6.92. The van der Waals surface area contributed by atoms with Gasteiger partial charge in [0.05, 0.1) is 23.7 Å². The lowest BCUT2D eigenvalue weighted by molar-refractivity contribution is 0.198. The molecule has 4 nitrogen and oxygen atoms in total. The Morgan fingerprint density at radius 2 is 1.91 bits per heavy atom. The highest BCUT2D eigenvalue weighted by atomic mass is 79.9. The molecule has 1 N–H and O–H groups in total. The van der Waals surface area contributed by atoms with Gasteiger partial charge < -0.3 is 14.6 Å². The summed E-state index contributed by atoms with van der Waals surface area (Å²) >= 11 is 3.48. The van der Waals surface area contributed by atoms with Crippen molar-refractivity contribution in [3.8, 4) is 0 Å². The molecule has 3 aromatic rings. The van der Waals surface area contributed by atoms with Crippen molar-refractivity contribution in [1.82, 2.24) is 9.55 Å². The summed E-state index contributed by atoms with van der Waals surface area (Å²) in [5.41, 5.74) is 3.37. The molecule has 118 valence electrons. The van der Waals surface area contributed by atoms with Crippen molar-refractivity contribution in [2.24, 2.45) is 0 Å². The number of hydrogen-bond acceptors (Lipinski definition) is 3. The van der Waals surface area contributed by atoms with Crippen LogP contribution in [0.25, 0.3) is 11.0 Å². The number of rotatable bonds is 3. The minimum atomic E-state index is -0.254. The molecule has 4 rings (SSSR count). The van der Waals surface area contributed by atoms with Gasteiger partial charge in [0.1, 0.15) is 0 Å². The van der Waals surface area contributed by atoms with Gasteiger partial charge in [-0.15, -0.1) is 0 Å². The van der Waals surface area contributed by atoms with E-state index < -0.39 is 0 Å². The maximum atomic E-state index is 9.86. The maximum absolute atomic E-state index is 9.86. The van der Waals surface area contributed by atoms with Gasteiger partial charge in [-0.2, -0.15) is 0 Å². The molecule has 1 aliphatic heterocycles. The van der Waals surface area contributed by atoms with Crippen molar-refractivity contribution < 1.29 is 5.11 Å². The van der Waals surface area contributed by atoms with E-state index in [-0.39, 0.29) is 6.10 Å². The summed E-state index contributed by atoms with van der Waals surface area (Å²) in [6.07, 6.45) is 0.553. The van der Waals surface area contributed by atoms with Crippen LogP contribution in [-0.4, -0.2) is 33.9 Å². The number of hydrogen-bond donors (Lipinski definition) is 1. The van der Waals surface area contributed by atoms with Crippen molar-refractivity contribution in [2.45, 2.75) is 19.1 Å². The van der Waals surface area contributed by atoms with Crippen LogP contribution < -0.4 is 4.90 Å². The summed E-state index contributed by atoms with van der Waals surface area (Å²) in [7, 11) is 0. The van der Waals surface area contributed by atoms with Crippen molar-refractivity contribution in [1.29, 1.82) is 0 Å². The number of aromatic nitrogens is 2. The van der Waals surface area contributed by atoms with E-state index >= 15 is 0 Å². The summed E-state index contributed by atoms with van der Waals surface area (Å²) in [6, 6.07) is 16.6. The molecule has 0 radical (unpaired) electrons. The molecule has 0 bridgehead atoms. The molecule has 23 heavy (non-hydrogen) atoms. The number of aliphatic hydroxyl groups is 1. The van der Waals surface area contributed by atoms with Gasteiger partial charge in [0.15, 0.2) is 0 Å². The Morgan fingerprint density at radius 3 is 2.65 bits per heavy atom. The van der Waals surface area contributed by atoms with Gasteiger partial charge in [0, 0.05) is 17.6 Å². The van der Waals surface area contributed by atoms with Gasteiger partial charge >= 0.3 is 0 Å². The van der Waals surface area contributed by atoms with Gasteiger partial charge in [-0.05, 0) is 36.2 Å². The predicted molar refractivity (Wildman–Crippen MR) is 95.8 cm³/mol. The maximum Gasteiger partial charge on any atom is 0.206 e. The molecule has 0 saturated carbocycles. The zero-order valence-electron chi connectivity index (χ0n) is 12.7. The Kier molecular flexibility index (Phi) is 3.83. The second kappa shape index (κ2) is 5.98. The van der Waals surface area contributed by atoms with E-state index in [1.165, 1.54) is 5.56 Å². The summed E-state index contributed by atoms with van der Waals surface area (Å²) in [5.74, 6) is 0.950. The fourth-order valence-corrected chi connectivity index (χ4v) is 3.42. The smallest absolute Gasteiger partial charge is 0.206 e. The molecule has 0 amide bonds. The van der Waals surface area contributed by atoms with Gasteiger partial charge in [0.2, 0.25) is 5.95 Å². The van der Waals surface area contributed by atoms with Crippen LogP contribution in [-0.2, 0) is 6.54 Å². The molecule has 1 aromatic heterocycles. The molecule has 1 atom stereocenters. The number of β-amino-alcohol motifs (C(OH)–C–C–N with tert-alkyl or cyclic N) is 1. The number of para-hydroxylation sites is 2. The number of halogens is 1. The number of benzene rings is 2. The van der Waals surface area contributed by atoms with E-state index in [2.05, 4.69) is 55.7 Å². The SMILES string of the molecule is OC1CCN(c2nc3ccccc3n2Cc2ccc(Br)cc2)C1. The van der Waals surface area contributed by atoms with E-state index in [0.29, 0.717) is 6.54 Å². The van der Waals surface area contributed by atoms with Crippen LogP contribution in [0.2, 0.25) is 0 Å². The first-order valence-corrected chi connectivity index (χ1v) is 8.63. The number of aliphatic hydroxyl groups excluding tert-OH is 1. The third-order valence-corrected chi connectivity index (χ3v) is 4.86. The van der Waals surface area contributed by atoms with Crippen LogP contribution in [0.3, 0.4) is 0 Å². The molecule has 0 aliphatic carbocycles. The predicted octanol–water partition coefficient (Wildman–Crippen LogP) is 3.42. The zero-order valence-corrected chi connectivity index (χ0v) is 14.3. The monoisotopic (exact) mass is 371 g/mol. The minimum Gasteiger partial charge on any atom is -0.391 e. The summed E-state index contributed by atoms with van der Waals surface area (Å²) in [5, 5.41) is 9.86. The van der Waals surface area contributed by atoms with Crippen LogP contribution in [0.5, 0.6) is 0 Å². The molecular weight excluding hydrogens is 354 g/mol. The molecular formula is C18H18BrN3O. The quantitative estimate of drug-likeness (QED) is 0.766. The number of anilines is 1. The zero-order chi connectivity index (χ0) is 15.8. The fourth-order valence-electron chi connectivity index (χ4n) is 3.16. The van der Waals surface area contributed by atoms with Crippen LogP contribution in [0.15, 0.2) is 53.0 Å². The summed E-state index contributed by atoms with van der Waals surface area (Å²) in [6.45, 7) is 2.28. The first-order chi connectivity index (χ1) is 11.2. The number of fused-ring (bicyclic) bond motifs is 1. The Bertz CT molecular complexity index is 828. The van der Waals surface area contributed by atoms with Gasteiger partial charge in [-0.1, -0.05) is 40.2 Å². The first-order valence-electron chi connectivity index (χ1n) is 7.83. The van der Waals surface area contributed by atoms with E-state index in [1.54, 1.807) is 0 Å². The van der Waals surface area contributed by atoms with Gasteiger partial charge in [0.25, 0.3) is 0 Å². The number of nitrogens with zero attached hydrogens (tertiary/aromatic N) is 3. The van der Waals surface area contributed by atoms with Crippen molar-refractivity contribution in [2.75, 3.05) is 18.0 Å². The van der Waals surface area contributed by atoms with Crippen molar-refractivity contribution >= 4 is 32.9 Å². The Labute approximate surface area is 143 Å². The highest BCUT2D eigenvalue weighted by molar-refractivity contribution is 9.10. The molecule has 1 aliphatic rings. The Morgan fingerprint density at radius 1 is 1.13 bits per heavy atom. The van der Waals surface area contributed by atoms with Crippen LogP contribution in [0.4, 0.5) is 5.95 Å². The molecule has 1 unspecified atom stereocenters. The highest BCUT2D eigenvalue weighted by Crippen LogP contribution is 2.27. The molecule has 1 fully saturated rings. The molecule has 1 saturated heterocycles. The Hall–Kier alpha value is -1.85. The lowest BCUT2D eigenvalue weighted by Gasteiger charge is -2.19. The molecule has 0 spiro atoms. The van der Waals surface area contributed by atoms with Gasteiger partial charge in [-0.25, -0.2) is 4.98 Å². The minimum absolute atomic E-state index is 0.254. The number of imidazole rings is 1. The first kappa shape index (κ1) is 14.7. The normalized spacial score (nSPS) is 18.0. The average Bonchev–Trinajstić information content (AvgIpc) is 3.14. The van der Waals surface area contributed by atoms with Crippen LogP contribution in [0.1, 0.15) is 12.0 Å². The van der Waals surface area contributed by atoms with E-state index in [0.717, 1.165) is 41.0 Å². The van der Waals surface area contributed by atoms with Crippen LogP contribution >= 0.6 is 15.9 Å². The van der Waals surface area contributed by atoms with E-state index in [9.17, 15) is 5.11 Å².